The first-order chi connectivity index (χ1) is 11.7. The number of aliphatic carboxylic acids is 2. The quantitative estimate of drug-likeness (QED) is 0.483. The van der Waals surface area contributed by atoms with Crippen LogP contribution in [0.15, 0.2) is 0 Å². The van der Waals surface area contributed by atoms with Gasteiger partial charge in [0.25, 0.3) is 0 Å². The standard InChI is InChI=1S/C17H27NO7/c1-4-7-8-25-15(24)18-17(14(22)23)11-9(10(11)13(20)21)12(19)16(17,5-2)6-3/h9-12,19H,4-8H2,1-3H3,(H,18,24)(H,20,21)(H,22,23). The molecule has 2 saturated carbocycles. The average molecular weight is 357 g/mol. The van der Waals surface area contributed by atoms with Crippen LogP contribution in [0.1, 0.15) is 46.5 Å². The second-order valence-corrected chi connectivity index (χ2v) is 7.00. The highest BCUT2D eigenvalue weighted by molar-refractivity contribution is 5.90. The van der Waals surface area contributed by atoms with Crippen molar-refractivity contribution in [3.05, 3.63) is 0 Å². The Morgan fingerprint density at radius 2 is 1.72 bits per heavy atom. The molecule has 0 heterocycles. The topological polar surface area (TPSA) is 133 Å². The van der Waals surface area contributed by atoms with Crippen LogP contribution < -0.4 is 5.32 Å². The molecule has 0 saturated heterocycles. The first kappa shape index (κ1) is 19.5. The summed E-state index contributed by atoms with van der Waals surface area (Å²) < 4.78 is 5.06. The first-order valence-electron chi connectivity index (χ1n) is 8.84. The van der Waals surface area contributed by atoms with Crippen molar-refractivity contribution >= 4 is 18.0 Å². The zero-order valence-corrected chi connectivity index (χ0v) is 14.8. The Kier molecular flexibility index (Phi) is 5.32. The van der Waals surface area contributed by atoms with Crippen molar-refractivity contribution in [2.75, 3.05) is 6.61 Å². The molecule has 0 aromatic rings. The number of aliphatic hydroxyl groups is 1. The number of carboxylic acids is 2. The van der Waals surface area contributed by atoms with Crippen LogP contribution in [-0.4, -0.2) is 51.6 Å². The number of alkyl carbamates (subject to hydrolysis) is 1. The molecule has 0 aromatic heterocycles. The summed E-state index contributed by atoms with van der Waals surface area (Å²) in [6.07, 6.45) is 0.0611. The molecule has 2 aliphatic carbocycles. The molecular formula is C17H27NO7. The smallest absolute Gasteiger partial charge is 0.408 e. The maximum absolute atomic E-state index is 12.3. The SMILES string of the molecule is CCCCOC(=O)NC1(C(=O)O)C2C(C(=O)O)C2C(O)C1(CC)CC. The van der Waals surface area contributed by atoms with Gasteiger partial charge in [-0.3, -0.25) is 4.79 Å². The summed E-state index contributed by atoms with van der Waals surface area (Å²) >= 11 is 0. The highest BCUT2D eigenvalue weighted by Crippen LogP contribution is 2.71. The van der Waals surface area contributed by atoms with E-state index < -0.39 is 52.8 Å². The Morgan fingerprint density at radius 1 is 1.12 bits per heavy atom. The Labute approximate surface area is 146 Å². The van der Waals surface area contributed by atoms with Crippen LogP contribution in [0.5, 0.6) is 0 Å². The molecule has 142 valence electrons. The number of ether oxygens (including phenoxy) is 1. The molecular weight excluding hydrogens is 330 g/mol. The van der Waals surface area contributed by atoms with Gasteiger partial charge in [0.1, 0.15) is 0 Å². The summed E-state index contributed by atoms with van der Waals surface area (Å²) in [6.45, 7) is 5.57. The van der Waals surface area contributed by atoms with E-state index in [9.17, 15) is 29.7 Å². The lowest BCUT2D eigenvalue weighted by atomic mass is 9.63. The predicted octanol–water partition coefficient (Wildman–Crippen LogP) is 1.46. The summed E-state index contributed by atoms with van der Waals surface area (Å²) in [4.78, 5) is 36.0. The lowest BCUT2D eigenvalue weighted by Gasteiger charge is -2.47. The lowest BCUT2D eigenvalue weighted by molar-refractivity contribution is -0.159. The zero-order valence-electron chi connectivity index (χ0n) is 14.8. The fraction of sp³-hybridized carbons (Fsp3) is 0.824. The predicted molar refractivity (Wildman–Crippen MR) is 86.9 cm³/mol. The minimum atomic E-state index is -1.85. The van der Waals surface area contributed by atoms with E-state index in [1.54, 1.807) is 13.8 Å². The molecule has 0 radical (unpaired) electrons. The molecule has 5 atom stereocenters. The van der Waals surface area contributed by atoms with Crippen molar-refractivity contribution in [2.45, 2.75) is 58.1 Å². The summed E-state index contributed by atoms with van der Waals surface area (Å²) in [5.41, 5.74) is -2.99. The van der Waals surface area contributed by atoms with Crippen molar-refractivity contribution < 1.29 is 34.4 Å². The summed E-state index contributed by atoms with van der Waals surface area (Å²) in [6, 6.07) is 0. The van der Waals surface area contributed by atoms with Gasteiger partial charge < -0.3 is 25.4 Å². The van der Waals surface area contributed by atoms with Crippen LogP contribution in [-0.2, 0) is 14.3 Å². The van der Waals surface area contributed by atoms with E-state index in [4.69, 9.17) is 4.74 Å². The number of carbonyl (C=O) groups is 3. The van der Waals surface area contributed by atoms with E-state index in [2.05, 4.69) is 5.32 Å². The molecule has 8 heteroatoms. The number of amides is 1. The van der Waals surface area contributed by atoms with E-state index in [0.29, 0.717) is 19.3 Å². The normalized spacial score (nSPS) is 34.9. The van der Waals surface area contributed by atoms with Gasteiger partial charge in [-0.15, -0.1) is 0 Å². The van der Waals surface area contributed by atoms with Gasteiger partial charge in [-0.05, 0) is 19.3 Å². The minimum Gasteiger partial charge on any atom is -0.481 e. The number of carboxylic acid groups (broad SMARTS) is 2. The van der Waals surface area contributed by atoms with Crippen LogP contribution in [0.4, 0.5) is 4.79 Å². The molecule has 0 aliphatic heterocycles. The third-order valence-electron chi connectivity index (χ3n) is 6.21. The number of fused-ring (bicyclic) bond motifs is 1. The van der Waals surface area contributed by atoms with E-state index in [0.717, 1.165) is 6.42 Å². The fourth-order valence-electron chi connectivity index (χ4n) is 4.89. The fourth-order valence-corrected chi connectivity index (χ4v) is 4.89. The second kappa shape index (κ2) is 6.82. The molecule has 5 unspecified atom stereocenters. The number of nitrogens with one attached hydrogen (secondary N) is 1. The largest absolute Gasteiger partial charge is 0.481 e. The molecule has 0 bridgehead atoms. The monoisotopic (exact) mass is 357 g/mol. The van der Waals surface area contributed by atoms with E-state index in [-0.39, 0.29) is 6.61 Å². The minimum absolute atomic E-state index is 0.155. The van der Waals surface area contributed by atoms with Crippen molar-refractivity contribution in [3.8, 4) is 0 Å². The van der Waals surface area contributed by atoms with Crippen molar-refractivity contribution in [1.29, 1.82) is 0 Å². The van der Waals surface area contributed by atoms with Crippen LogP contribution >= 0.6 is 0 Å². The molecule has 0 aromatic carbocycles. The van der Waals surface area contributed by atoms with Gasteiger partial charge >= 0.3 is 18.0 Å². The van der Waals surface area contributed by atoms with Crippen LogP contribution in [0.25, 0.3) is 0 Å². The van der Waals surface area contributed by atoms with Crippen LogP contribution in [0.3, 0.4) is 0 Å². The molecule has 0 spiro atoms. The van der Waals surface area contributed by atoms with Crippen molar-refractivity contribution in [2.24, 2.45) is 23.2 Å². The molecule has 2 fully saturated rings. The van der Waals surface area contributed by atoms with Gasteiger partial charge in [0, 0.05) is 17.3 Å². The number of rotatable bonds is 8. The zero-order chi connectivity index (χ0) is 19.0. The van der Waals surface area contributed by atoms with Gasteiger partial charge in [0.2, 0.25) is 0 Å². The molecule has 1 amide bonds. The first-order valence-corrected chi connectivity index (χ1v) is 8.84. The van der Waals surface area contributed by atoms with Gasteiger partial charge in [-0.25, -0.2) is 9.59 Å². The average Bonchev–Trinajstić information content (AvgIpc) is 3.26. The maximum atomic E-state index is 12.3. The van der Waals surface area contributed by atoms with E-state index in [1.165, 1.54) is 0 Å². The van der Waals surface area contributed by atoms with E-state index in [1.807, 2.05) is 6.92 Å². The maximum Gasteiger partial charge on any atom is 0.408 e. The van der Waals surface area contributed by atoms with Crippen molar-refractivity contribution in [1.82, 2.24) is 5.32 Å². The lowest BCUT2D eigenvalue weighted by Crippen LogP contribution is -2.67. The number of aliphatic hydroxyl groups excluding tert-OH is 1. The van der Waals surface area contributed by atoms with Crippen molar-refractivity contribution in [3.63, 3.8) is 0 Å². The van der Waals surface area contributed by atoms with Gasteiger partial charge in [0.15, 0.2) is 5.54 Å². The Hall–Kier alpha value is -1.83. The molecule has 8 nitrogen and oxygen atoms in total. The third kappa shape index (κ3) is 2.58. The third-order valence-corrected chi connectivity index (χ3v) is 6.21. The molecule has 4 N–H and O–H groups in total. The number of carbonyl (C=O) groups excluding carboxylic acids is 1. The second-order valence-electron chi connectivity index (χ2n) is 7.00. The van der Waals surface area contributed by atoms with Gasteiger partial charge in [-0.2, -0.15) is 0 Å². The Bertz CT molecular complexity index is 559. The highest BCUT2D eigenvalue weighted by Gasteiger charge is 2.84. The summed E-state index contributed by atoms with van der Waals surface area (Å²) in [5, 5.41) is 32.6. The molecule has 25 heavy (non-hydrogen) atoms. The number of hydrogen-bond acceptors (Lipinski definition) is 5. The number of hydrogen-bond donors (Lipinski definition) is 4. The van der Waals surface area contributed by atoms with Crippen LogP contribution in [0, 0.1) is 23.2 Å². The Balaban J connectivity index is 2.41. The highest BCUT2D eigenvalue weighted by atomic mass is 16.5. The summed E-state index contributed by atoms with van der Waals surface area (Å²) in [5.74, 6) is -4.98. The molecule has 2 aliphatic rings. The van der Waals surface area contributed by atoms with Crippen LogP contribution in [0.2, 0.25) is 0 Å². The summed E-state index contributed by atoms with van der Waals surface area (Å²) in [7, 11) is 0. The Morgan fingerprint density at radius 3 is 2.16 bits per heavy atom. The number of unbranched alkanes of at least 4 members (excludes halogenated alkanes) is 1. The van der Waals surface area contributed by atoms with E-state index >= 15 is 0 Å². The van der Waals surface area contributed by atoms with Gasteiger partial charge in [-0.1, -0.05) is 27.2 Å². The van der Waals surface area contributed by atoms with Gasteiger partial charge in [0.05, 0.1) is 18.6 Å². The molecule has 2 rings (SSSR count).